The van der Waals surface area contributed by atoms with Crippen LogP contribution in [0, 0.1) is 5.92 Å². The van der Waals surface area contributed by atoms with Gasteiger partial charge >= 0.3 is 0 Å². The molecule has 3 rings (SSSR count). The molecular weight excluding hydrogens is 402 g/mol. The molecular formula is C18H27N3O5S2. The molecule has 1 amide bonds. The Morgan fingerprint density at radius 1 is 1.18 bits per heavy atom. The molecule has 1 saturated heterocycles. The Morgan fingerprint density at radius 3 is 2.54 bits per heavy atom. The lowest BCUT2D eigenvalue weighted by atomic mass is 9.98. The molecule has 1 fully saturated rings. The summed E-state index contributed by atoms with van der Waals surface area (Å²) in [6.45, 7) is 2.77. The summed E-state index contributed by atoms with van der Waals surface area (Å²) in [4.78, 5) is 15.0. The van der Waals surface area contributed by atoms with E-state index >= 15 is 0 Å². The third-order valence-corrected chi connectivity index (χ3v) is 9.14. The molecule has 0 aliphatic carbocycles. The number of benzene rings is 1. The SMILES string of the molecule is CCS(=O)(=O)N1CCCC(C(=O)N2CCc3cc(S(=O)(=O)N(C)C)ccc32)C1. The van der Waals surface area contributed by atoms with Gasteiger partial charge in [-0.05, 0) is 49.9 Å². The molecule has 8 nitrogen and oxygen atoms in total. The van der Waals surface area contributed by atoms with Crippen LogP contribution in [0.5, 0.6) is 0 Å². The lowest BCUT2D eigenvalue weighted by molar-refractivity contribution is -0.123. The van der Waals surface area contributed by atoms with Crippen molar-refractivity contribution < 1.29 is 21.6 Å². The van der Waals surface area contributed by atoms with Crippen molar-refractivity contribution >= 4 is 31.6 Å². The van der Waals surface area contributed by atoms with E-state index in [0.29, 0.717) is 32.4 Å². The van der Waals surface area contributed by atoms with Crippen molar-refractivity contribution in [1.82, 2.24) is 8.61 Å². The van der Waals surface area contributed by atoms with Gasteiger partial charge < -0.3 is 4.90 Å². The zero-order valence-electron chi connectivity index (χ0n) is 16.5. The minimum Gasteiger partial charge on any atom is -0.312 e. The van der Waals surface area contributed by atoms with Gasteiger partial charge in [0.05, 0.1) is 16.6 Å². The number of rotatable bonds is 5. The standard InChI is InChI=1S/C18H27N3O5S2/c1-4-27(23,24)20-10-5-6-15(13-20)18(22)21-11-9-14-12-16(7-8-17(14)21)28(25,26)19(2)3/h7-8,12,15H,4-6,9-11,13H2,1-3H3. The molecule has 1 aromatic rings. The number of anilines is 1. The van der Waals surface area contributed by atoms with E-state index in [1.54, 1.807) is 24.0 Å². The van der Waals surface area contributed by atoms with Crippen LogP contribution in [0.2, 0.25) is 0 Å². The van der Waals surface area contributed by atoms with Gasteiger partial charge in [-0.15, -0.1) is 0 Å². The molecule has 2 aliphatic heterocycles. The maximum atomic E-state index is 13.1. The van der Waals surface area contributed by atoms with E-state index in [2.05, 4.69) is 0 Å². The predicted octanol–water partition coefficient (Wildman–Crippen LogP) is 0.888. The second kappa shape index (κ2) is 7.74. The lowest BCUT2D eigenvalue weighted by Gasteiger charge is -2.33. The van der Waals surface area contributed by atoms with Gasteiger partial charge in [-0.25, -0.2) is 25.4 Å². The molecule has 0 spiro atoms. The Kier molecular flexibility index (Phi) is 5.86. The molecule has 2 aliphatic rings. The predicted molar refractivity (Wildman–Crippen MR) is 107 cm³/mol. The first-order valence-electron chi connectivity index (χ1n) is 9.42. The third kappa shape index (κ3) is 3.83. The number of carbonyl (C=O) groups is 1. The second-order valence-corrected chi connectivity index (χ2v) is 11.8. The molecule has 10 heteroatoms. The molecule has 156 valence electrons. The largest absolute Gasteiger partial charge is 0.312 e. The van der Waals surface area contributed by atoms with Crippen molar-refractivity contribution in [3.8, 4) is 0 Å². The average Bonchev–Trinajstić information content (AvgIpc) is 3.10. The number of carbonyl (C=O) groups excluding carboxylic acids is 1. The Hall–Kier alpha value is -1.49. The second-order valence-electron chi connectivity index (χ2n) is 7.42. The third-order valence-electron chi connectivity index (χ3n) is 5.48. The van der Waals surface area contributed by atoms with Crippen LogP contribution in [0.3, 0.4) is 0 Å². The fourth-order valence-corrected chi connectivity index (χ4v) is 5.91. The van der Waals surface area contributed by atoms with Crippen molar-refractivity contribution in [3.05, 3.63) is 23.8 Å². The molecule has 0 saturated carbocycles. The van der Waals surface area contributed by atoms with Crippen LogP contribution in [0.25, 0.3) is 0 Å². The number of sulfonamides is 2. The number of fused-ring (bicyclic) bond motifs is 1. The van der Waals surface area contributed by atoms with Crippen LogP contribution in [-0.2, 0) is 31.3 Å². The quantitative estimate of drug-likeness (QED) is 0.693. The Labute approximate surface area is 167 Å². The summed E-state index contributed by atoms with van der Waals surface area (Å²) in [6.07, 6.45) is 1.91. The van der Waals surface area contributed by atoms with Crippen molar-refractivity contribution in [3.63, 3.8) is 0 Å². The summed E-state index contributed by atoms with van der Waals surface area (Å²) >= 11 is 0. The maximum absolute atomic E-state index is 13.1. The molecule has 0 radical (unpaired) electrons. The van der Waals surface area contributed by atoms with Crippen molar-refractivity contribution in [2.24, 2.45) is 5.92 Å². The topological polar surface area (TPSA) is 95.1 Å². The van der Waals surface area contributed by atoms with Gasteiger partial charge in [-0.1, -0.05) is 0 Å². The van der Waals surface area contributed by atoms with Crippen LogP contribution >= 0.6 is 0 Å². The van der Waals surface area contributed by atoms with Gasteiger partial charge in [0, 0.05) is 39.4 Å². The molecule has 0 bridgehead atoms. The van der Waals surface area contributed by atoms with Gasteiger partial charge in [0.2, 0.25) is 26.0 Å². The Morgan fingerprint density at radius 2 is 1.89 bits per heavy atom. The highest BCUT2D eigenvalue weighted by molar-refractivity contribution is 7.89. The number of nitrogens with zero attached hydrogens (tertiary/aromatic N) is 3. The fourth-order valence-electron chi connectivity index (χ4n) is 3.78. The summed E-state index contributed by atoms with van der Waals surface area (Å²) in [5.74, 6) is -0.423. The lowest BCUT2D eigenvalue weighted by Crippen LogP contribution is -2.46. The zero-order chi connectivity index (χ0) is 20.7. The Bertz CT molecular complexity index is 973. The molecule has 1 aromatic carbocycles. The van der Waals surface area contributed by atoms with E-state index in [-0.39, 0.29) is 29.0 Å². The van der Waals surface area contributed by atoms with Crippen molar-refractivity contribution in [1.29, 1.82) is 0 Å². The summed E-state index contributed by atoms with van der Waals surface area (Å²) < 4.78 is 51.6. The average molecular weight is 430 g/mol. The van der Waals surface area contributed by atoms with Gasteiger partial charge in [-0.2, -0.15) is 0 Å². The molecule has 0 aromatic heterocycles. The molecule has 0 N–H and O–H groups in total. The molecule has 1 unspecified atom stereocenters. The van der Waals surface area contributed by atoms with E-state index in [1.165, 1.54) is 24.5 Å². The van der Waals surface area contributed by atoms with Crippen LogP contribution in [0.15, 0.2) is 23.1 Å². The molecule has 2 heterocycles. The van der Waals surface area contributed by atoms with Crippen LogP contribution in [0.4, 0.5) is 5.69 Å². The number of piperidine rings is 1. The number of amides is 1. The van der Waals surface area contributed by atoms with Crippen LogP contribution in [-0.4, -0.2) is 70.8 Å². The Balaban J connectivity index is 1.81. The van der Waals surface area contributed by atoms with E-state index in [0.717, 1.165) is 15.6 Å². The maximum Gasteiger partial charge on any atom is 0.242 e. The normalized spacial score (nSPS) is 21.1. The highest BCUT2D eigenvalue weighted by atomic mass is 32.2. The first-order valence-corrected chi connectivity index (χ1v) is 12.5. The van der Waals surface area contributed by atoms with E-state index in [1.807, 2.05) is 0 Å². The van der Waals surface area contributed by atoms with Crippen molar-refractivity contribution in [2.45, 2.75) is 31.1 Å². The van der Waals surface area contributed by atoms with Crippen LogP contribution < -0.4 is 4.90 Å². The number of hydrogen-bond donors (Lipinski definition) is 0. The monoisotopic (exact) mass is 429 g/mol. The van der Waals surface area contributed by atoms with Gasteiger partial charge in [0.1, 0.15) is 0 Å². The zero-order valence-corrected chi connectivity index (χ0v) is 18.1. The highest BCUT2D eigenvalue weighted by Crippen LogP contribution is 2.33. The van der Waals surface area contributed by atoms with Gasteiger partial charge in [-0.3, -0.25) is 4.79 Å². The summed E-state index contributed by atoms with van der Waals surface area (Å²) in [6, 6.07) is 4.83. The van der Waals surface area contributed by atoms with Crippen molar-refractivity contribution in [2.75, 3.05) is 44.4 Å². The minimum absolute atomic E-state index is 0.0313. The van der Waals surface area contributed by atoms with E-state index in [4.69, 9.17) is 0 Å². The molecule has 28 heavy (non-hydrogen) atoms. The molecule has 1 atom stereocenters. The first kappa shape index (κ1) is 21.2. The van der Waals surface area contributed by atoms with E-state index < -0.39 is 20.0 Å². The van der Waals surface area contributed by atoms with Gasteiger partial charge in [0.25, 0.3) is 0 Å². The smallest absolute Gasteiger partial charge is 0.242 e. The van der Waals surface area contributed by atoms with E-state index in [9.17, 15) is 21.6 Å². The summed E-state index contributed by atoms with van der Waals surface area (Å²) in [5, 5.41) is 0. The minimum atomic E-state index is -3.53. The fraction of sp³-hybridized carbons (Fsp3) is 0.611. The summed E-state index contributed by atoms with van der Waals surface area (Å²) in [5.41, 5.74) is 1.54. The number of hydrogen-bond acceptors (Lipinski definition) is 5. The first-order chi connectivity index (χ1) is 13.1. The van der Waals surface area contributed by atoms with Crippen LogP contribution in [0.1, 0.15) is 25.3 Å². The highest BCUT2D eigenvalue weighted by Gasteiger charge is 2.36. The summed E-state index contributed by atoms with van der Waals surface area (Å²) in [7, 11) is -3.87. The van der Waals surface area contributed by atoms with Gasteiger partial charge in [0.15, 0.2) is 0 Å².